The number of ether oxygens (including phenoxy) is 2. The average Bonchev–Trinajstić information content (AvgIpc) is 3.26. The molecule has 154 valence electrons. The predicted octanol–water partition coefficient (Wildman–Crippen LogP) is 2.44. The van der Waals surface area contributed by atoms with Gasteiger partial charge >= 0.3 is 6.03 Å². The third kappa shape index (κ3) is 4.65. The van der Waals surface area contributed by atoms with E-state index in [9.17, 15) is 14.4 Å². The summed E-state index contributed by atoms with van der Waals surface area (Å²) in [6.07, 6.45) is 0.567. The van der Waals surface area contributed by atoms with Crippen molar-refractivity contribution < 1.29 is 23.9 Å². The highest BCUT2D eigenvalue weighted by atomic mass is 32.1. The fourth-order valence-corrected chi connectivity index (χ4v) is 3.66. The van der Waals surface area contributed by atoms with Gasteiger partial charge in [-0.15, -0.1) is 11.3 Å². The number of carbonyl (C=O) groups excluding carboxylic acids is 3. The molecule has 0 bridgehead atoms. The lowest BCUT2D eigenvalue weighted by molar-refractivity contribution is -0.125. The predicted molar refractivity (Wildman–Crippen MR) is 108 cm³/mol. The number of methoxy groups -OCH3 is 2. The molecule has 1 aliphatic heterocycles. The molecule has 1 saturated heterocycles. The zero-order chi connectivity index (χ0) is 21.0. The number of imide groups is 1. The Labute approximate surface area is 172 Å². The third-order valence-electron chi connectivity index (χ3n) is 4.45. The van der Waals surface area contributed by atoms with E-state index in [0.717, 1.165) is 5.56 Å². The van der Waals surface area contributed by atoms with Crippen LogP contribution in [-0.2, 0) is 9.59 Å². The van der Waals surface area contributed by atoms with Gasteiger partial charge in [0.1, 0.15) is 18.0 Å². The second-order valence-corrected chi connectivity index (χ2v) is 7.30. The number of carbonyl (C=O) groups is 3. The van der Waals surface area contributed by atoms with Crippen LogP contribution in [0.5, 0.6) is 11.5 Å². The molecule has 1 aromatic heterocycles. The molecule has 0 saturated carbocycles. The number of aromatic nitrogens is 1. The van der Waals surface area contributed by atoms with Gasteiger partial charge in [-0.2, -0.15) is 0 Å². The average molecular weight is 418 g/mol. The summed E-state index contributed by atoms with van der Waals surface area (Å²) in [7, 11) is 4.73. The highest BCUT2D eigenvalue weighted by Gasteiger charge is 2.32. The second-order valence-electron chi connectivity index (χ2n) is 6.44. The van der Waals surface area contributed by atoms with E-state index in [0.29, 0.717) is 28.7 Å². The summed E-state index contributed by atoms with van der Waals surface area (Å²) in [5.41, 5.74) is 1.43. The van der Waals surface area contributed by atoms with Crippen LogP contribution in [0, 0.1) is 0 Å². The van der Waals surface area contributed by atoms with Gasteiger partial charge in [0.25, 0.3) is 0 Å². The Bertz CT molecular complexity index is 929. The Hall–Kier alpha value is -3.14. The van der Waals surface area contributed by atoms with Crippen molar-refractivity contribution in [3.63, 3.8) is 0 Å². The Morgan fingerprint density at radius 3 is 2.72 bits per heavy atom. The van der Waals surface area contributed by atoms with Gasteiger partial charge in [0.05, 0.1) is 19.9 Å². The lowest BCUT2D eigenvalue weighted by Gasteiger charge is -2.13. The summed E-state index contributed by atoms with van der Waals surface area (Å²) in [6.45, 7) is 0.306. The van der Waals surface area contributed by atoms with Crippen molar-refractivity contribution in [2.45, 2.75) is 12.8 Å². The molecule has 29 heavy (non-hydrogen) atoms. The molecule has 2 heterocycles. The number of hydrogen-bond donors (Lipinski definition) is 1. The van der Waals surface area contributed by atoms with Gasteiger partial charge in [-0.3, -0.25) is 14.5 Å². The smallest absolute Gasteiger partial charge is 0.326 e. The SMILES string of the molecule is COc1ccc(OC)c(-c2csc(NC(=O)CCCN3C(=O)CN(C)C3=O)n2)c1. The highest BCUT2D eigenvalue weighted by Crippen LogP contribution is 2.35. The van der Waals surface area contributed by atoms with Crippen LogP contribution in [0.4, 0.5) is 9.93 Å². The number of nitrogens with zero attached hydrogens (tertiary/aromatic N) is 3. The maximum Gasteiger partial charge on any atom is 0.326 e. The Morgan fingerprint density at radius 2 is 2.07 bits per heavy atom. The summed E-state index contributed by atoms with van der Waals surface area (Å²) in [6, 6.07) is 5.09. The van der Waals surface area contributed by atoms with Crippen molar-refractivity contribution in [3.05, 3.63) is 23.6 Å². The summed E-state index contributed by atoms with van der Waals surface area (Å²) in [5, 5.41) is 5.04. The zero-order valence-corrected chi connectivity index (χ0v) is 17.2. The molecule has 1 aliphatic rings. The molecule has 0 unspecified atom stereocenters. The quantitative estimate of drug-likeness (QED) is 0.661. The Morgan fingerprint density at radius 1 is 1.28 bits per heavy atom. The lowest BCUT2D eigenvalue weighted by Crippen LogP contribution is -2.32. The van der Waals surface area contributed by atoms with Crippen LogP contribution >= 0.6 is 11.3 Å². The molecule has 0 atom stereocenters. The van der Waals surface area contributed by atoms with Crippen molar-refractivity contribution in [1.82, 2.24) is 14.8 Å². The van der Waals surface area contributed by atoms with Crippen LogP contribution in [0.3, 0.4) is 0 Å². The number of anilines is 1. The van der Waals surface area contributed by atoms with E-state index in [1.54, 1.807) is 33.4 Å². The molecule has 9 nitrogen and oxygen atoms in total. The van der Waals surface area contributed by atoms with Crippen LogP contribution in [-0.4, -0.2) is 67.0 Å². The molecule has 2 aromatic rings. The second kappa shape index (κ2) is 8.91. The number of benzene rings is 1. The van der Waals surface area contributed by atoms with E-state index in [4.69, 9.17) is 9.47 Å². The molecule has 1 aromatic carbocycles. The van der Waals surface area contributed by atoms with E-state index < -0.39 is 0 Å². The fraction of sp³-hybridized carbons (Fsp3) is 0.368. The third-order valence-corrected chi connectivity index (χ3v) is 5.21. The molecule has 3 rings (SSSR count). The first kappa shape index (κ1) is 20.6. The fourth-order valence-electron chi connectivity index (χ4n) is 2.94. The highest BCUT2D eigenvalue weighted by molar-refractivity contribution is 7.14. The number of urea groups is 1. The number of nitrogens with one attached hydrogen (secondary N) is 1. The number of thiazole rings is 1. The summed E-state index contributed by atoms with van der Waals surface area (Å²) < 4.78 is 10.6. The van der Waals surface area contributed by atoms with E-state index in [2.05, 4.69) is 10.3 Å². The van der Waals surface area contributed by atoms with Crippen molar-refractivity contribution in [1.29, 1.82) is 0 Å². The first-order chi connectivity index (χ1) is 13.9. The van der Waals surface area contributed by atoms with Gasteiger partial charge in [-0.25, -0.2) is 9.78 Å². The maximum atomic E-state index is 12.2. The Kier molecular flexibility index (Phi) is 6.32. The largest absolute Gasteiger partial charge is 0.497 e. The van der Waals surface area contributed by atoms with Crippen LogP contribution in [0.15, 0.2) is 23.6 Å². The van der Waals surface area contributed by atoms with Gasteiger partial charge in [0.2, 0.25) is 11.8 Å². The lowest BCUT2D eigenvalue weighted by atomic mass is 10.1. The number of likely N-dealkylation sites (N-methyl/N-ethyl adjacent to an activating group) is 1. The Balaban J connectivity index is 1.57. The molecule has 0 spiro atoms. The molecule has 1 N–H and O–H groups in total. The monoisotopic (exact) mass is 418 g/mol. The molecular weight excluding hydrogens is 396 g/mol. The van der Waals surface area contributed by atoms with Crippen LogP contribution in [0.1, 0.15) is 12.8 Å². The van der Waals surface area contributed by atoms with Crippen molar-refractivity contribution in [2.75, 3.05) is 39.7 Å². The number of amides is 4. The first-order valence-electron chi connectivity index (χ1n) is 8.96. The van der Waals surface area contributed by atoms with Gasteiger partial charge in [-0.05, 0) is 24.6 Å². The topological polar surface area (TPSA) is 101 Å². The molecular formula is C19H22N4O5S. The number of rotatable bonds is 8. The molecule has 10 heteroatoms. The van der Waals surface area contributed by atoms with E-state index in [-0.39, 0.29) is 37.4 Å². The molecule has 0 aliphatic carbocycles. The summed E-state index contributed by atoms with van der Waals surface area (Å²) in [4.78, 5) is 42.7. The normalized spacial score (nSPS) is 13.8. The first-order valence-corrected chi connectivity index (χ1v) is 9.84. The van der Waals surface area contributed by atoms with Crippen LogP contribution < -0.4 is 14.8 Å². The van der Waals surface area contributed by atoms with Gasteiger partial charge < -0.3 is 19.7 Å². The minimum absolute atomic E-state index is 0.0840. The van der Waals surface area contributed by atoms with Gasteiger partial charge in [0, 0.05) is 31.0 Å². The summed E-state index contributed by atoms with van der Waals surface area (Å²) in [5.74, 6) is 0.862. The van der Waals surface area contributed by atoms with E-state index >= 15 is 0 Å². The molecule has 1 fully saturated rings. The van der Waals surface area contributed by atoms with Crippen molar-refractivity contribution in [3.8, 4) is 22.8 Å². The molecule has 4 amide bonds. The minimum atomic E-state index is -0.327. The zero-order valence-electron chi connectivity index (χ0n) is 16.4. The van der Waals surface area contributed by atoms with Crippen LogP contribution in [0.25, 0.3) is 11.3 Å². The maximum absolute atomic E-state index is 12.2. The number of hydrogen-bond acceptors (Lipinski definition) is 7. The van der Waals surface area contributed by atoms with Crippen molar-refractivity contribution in [2.24, 2.45) is 0 Å². The van der Waals surface area contributed by atoms with Crippen molar-refractivity contribution >= 4 is 34.3 Å². The molecule has 0 radical (unpaired) electrons. The standard InChI is InChI=1S/C19H22N4O5S/c1-22-10-17(25)23(19(22)26)8-4-5-16(24)21-18-20-14(11-29-18)13-9-12(27-2)6-7-15(13)28-3/h6-7,9,11H,4-5,8,10H2,1-3H3,(H,20,21,24). The van der Waals surface area contributed by atoms with E-state index in [1.165, 1.54) is 21.1 Å². The van der Waals surface area contributed by atoms with Gasteiger partial charge in [-0.1, -0.05) is 0 Å². The summed E-state index contributed by atoms with van der Waals surface area (Å²) >= 11 is 1.30. The van der Waals surface area contributed by atoms with E-state index in [1.807, 2.05) is 11.4 Å². The van der Waals surface area contributed by atoms with Gasteiger partial charge in [0.15, 0.2) is 5.13 Å². The minimum Gasteiger partial charge on any atom is -0.497 e. The van der Waals surface area contributed by atoms with Crippen LogP contribution in [0.2, 0.25) is 0 Å².